The summed E-state index contributed by atoms with van der Waals surface area (Å²) in [5.41, 5.74) is 3.79. The highest BCUT2D eigenvalue weighted by Gasteiger charge is 2.10. The maximum Gasteiger partial charge on any atom is 0.346 e. The zero-order valence-electron chi connectivity index (χ0n) is 15.0. The smallest absolute Gasteiger partial charge is 0.346 e. The fraction of sp³-hybridized carbons (Fsp3) is 0.100. The Bertz CT molecular complexity index is 1060. The fourth-order valence-corrected chi connectivity index (χ4v) is 2.94. The molecule has 28 heavy (non-hydrogen) atoms. The Labute approximate surface area is 169 Å². The fourth-order valence-electron chi connectivity index (χ4n) is 2.43. The van der Waals surface area contributed by atoms with E-state index in [1.165, 1.54) is 12.3 Å². The number of hydrogen-bond donors (Lipinski definition) is 2. The highest BCUT2D eigenvalue weighted by molar-refractivity contribution is 9.10. The van der Waals surface area contributed by atoms with E-state index < -0.39 is 11.6 Å². The minimum Gasteiger partial charge on any atom is -0.493 e. The van der Waals surface area contributed by atoms with Gasteiger partial charge in [-0.05, 0) is 52.7 Å². The largest absolute Gasteiger partial charge is 0.493 e. The van der Waals surface area contributed by atoms with Crippen LogP contribution in [0.3, 0.4) is 0 Å². The molecule has 8 heteroatoms. The maximum absolute atomic E-state index is 12.3. The Hall–Kier alpha value is -3.26. The molecule has 3 aromatic rings. The van der Waals surface area contributed by atoms with E-state index in [4.69, 9.17) is 4.74 Å². The van der Waals surface area contributed by atoms with E-state index in [1.807, 2.05) is 55.5 Å². The molecule has 1 amide bonds. The van der Waals surface area contributed by atoms with Gasteiger partial charge < -0.3 is 9.72 Å². The topological polar surface area (TPSA) is 96.4 Å². The molecule has 0 bridgehead atoms. The third kappa shape index (κ3) is 4.92. The van der Waals surface area contributed by atoms with Crippen LogP contribution in [0.25, 0.3) is 11.3 Å². The van der Waals surface area contributed by atoms with Crippen molar-refractivity contribution in [2.45, 2.75) is 6.92 Å². The minimum absolute atomic E-state index is 0.0730. The van der Waals surface area contributed by atoms with Crippen molar-refractivity contribution in [1.82, 2.24) is 15.4 Å². The Morgan fingerprint density at radius 1 is 1.25 bits per heavy atom. The molecular weight excluding hydrogens is 424 g/mol. The number of hydrazone groups is 1. The van der Waals surface area contributed by atoms with Crippen molar-refractivity contribution < 1.29 is 9.53 Å². The second-order valence-corrected chi connectivity index (χ2v) is 6.53. The summed E-state index contributed by atoms with van der Waals surface area (Å²) in [7, 11) is 0. The first-order valence-electron chi connectivity index (χ1n) is 8.49. The molecule has 0 aliphatic heterocycles. The third-order valence-electron chi connectivity index (χ3n) is 3.69. The van der Waals surface area contributed by atoms with Crippen molar-refractivity contribution in [3.8, 4) is 17.0 Å². The standard InChI is InChI=1S/C20H17BrN4O3/c1-2-28-18-9-8-13(10-15(18)21)12-22-25-19(26)17-11-16(23-20(27)24-17)14-6-4-3-5-7-14/h3-12H,2H2,1H3,(H,25,26)(H,23,24,27)/b22-12+. The number of amides is 1. The number of aromatic nitrogens is 2. The average Bonchev–Trinajstić information content (AvgIpc) is 2.70. The van der Waals surface area contributed by atoms with Crippen molar-refractivity contribution in [3.05, 3.63) is 80.8 Å². The summed E-state index contributed by atoms with van der Waals surface area (Å²) in [6, 6.07) is 16.1. The molecule has 0 spiro atoms. The van der Waals surface area contributed by atoms with Gasteiger partial charge in [0.25, 0.3) is 5.91 Å². The number of carbonyl (C=O) groups excluding carboxylic acids is 1. The Kier molecular flexibility index (Phi) is 6.33. The van der Waals surface area contributed by atoms with Gasteiger partial charge in [-0.2, -0.15) is 10.1 Å². The molecule has 2 N–H and O–H groups in total. The van der Waals surface area contributed by atoms with E-state index in [0.717, 1.165) is 21.3 Å². The van der Waals surface area contributed by atoms with Crippen LogP contribution in [-0.2, 0) is 0 Å². The van der Waals surface area contributed by atoms with Gasteiger partial charge in [0, 0.05) is 5.56 Å². The second kappa shape index (κ2) is 9.09. The van der Waals surface area contributed by atoms with Gasteiger partial charge in [-0.25, -0.2) is 10.2 Å². The van der Waals surface area contributed by atoms with Crippen molar-refractivity contribution in [2.24, 2.45) is 5.10 Å². The SMILES string of the molecule is CCOc1ccc(/C=N/NC(=O)c2cc(-c3ccccc3)nc(=O)[nH]2)cc1Br. The predicted octanol–water partition coefficient (Wildman–Crippen LogP) is 3.36. The molecular formula is C20H17BrN4O3. The highest BCUT2D eigenvalue weighted by Crippen LogP contribution is 2.25. The molecule has 0 atom stereocenters. The van der Waals surface area contributed by atoms with E-state index in [-0.39, 0.29) is 5.69 Å². The van der Waals surface area contributed by atoms with Gasteiger partial charge in [-0.15, -0.1) is 0 Å². The van der Waals surface area contributed by atoms with Crippen LogP contribution in [0.15, 0.2) is 69.0 Å². The molecule has 0 unspecified atom stereocenters. The lowest BCUT2D eigenvalue weighted by Crippen LogP contribution is -2.24. The summed E-state index contributed by atoms with van der Waals surface area (Å²) in [6.07, 6.45) is 1.50. The van der Waals surface area contributed by atoms with Gasteiger partial charge in [0.15, 0.2) is 0 Å². The molecule has 142 valence electrons. The van der Waals surface area contributed by atoms with Crippen LogP contribution < -0.4 is 15.9 Å². The number of hydrogen-bond acceptors (Lipinski definition) is 5. The normalized spacial score (nSPS) is 10.8. The first kappa shape index (κ1) is 19.5. The zero-order valence-corrected chi connectivity index (χ0v) is 16.6. The summed E-state index contributed by atoms with van der Waals surface area (Å²) in [5.74, 6) is 0.185. The molecule has 0 fully saturated rings. The van der Waals surface area contributed by atoms with Gasteiger partial charge >= 0.3 is 5.69 Å². The van der Waals surface area contributed by atoms with Crippen molar-refractivity contribution in [3.63, 3.8) is 0 Å². The van der Waals surface area contributed by atoms with Gasteiger partial charge in [-0.3, -0.25) is 4.79 Å². The third-order valence-corrected chi connectivity index (χ3v) is 4.31. The lowest BCUT2D eigenvalue weighted by Gasteiger charge is -2.06. The molecule has 1 aromatic heterocycles. The number of halogens is 1. The summed E-state index contributed by atoms with van der Waals surface area (Å²) in [6.45, 7) is 2.47. The van der Waals surface area contributed by atoms with E-state index in [0.29, 0.717) is 12.3 Å². The molecule has 0 radical (unpaired) electrons. The molecule has 0 aliphatic rings. The van der Waals surface area contributed by atoms with Crippen LogP contribution in [0.4, 0.5) is 0 Å². The van der Waals surface area contributed by atoms with Crippen LogP contribution in [-0.4, -0.2) is 28.7 Å². The van der Waals surface area contributed by atoms with Crippen molar-refractivity contribution in [2.75, 3.05) is 6.61 Å². The lowest BCUT2D eigenvalue weighted by molar-refractivity contribution is 0.0949. The number of nitrogens with one attached hydrogen (secondary N) is 2. The molecule has 7 nitrogen and oxygen atoms in total. The lowest BCUT2D eigenvalue weighted by atomic mass is 10.1. The van der Waals surface area contributed by atoms with Crippen LogP contribution in [0.1, 0.15) is 23.0 Å². The van der Waals surface area contributed by atoms with E-state index in [1.54, 1.807) is 0 Å². The highest BCUT2D eigenvalue weighted by atomic mass is 79.9. The second-order valence-electron chi connectivity index (χ2n) is 5.67. The maximum atomic E-state index is 12.3. The summed E-state index contributed by atoms with van der Waals surface area (Å²) in [5, 5.41) is 3.94. The van der Waals surface area contributed by atoms with Crippen molar-refractivity contribution in [1.29, 1.82) is 0 Å². The Morgan fingerprint density at radius 3 is 2.75 bits per heavy atom. The molecule has 0 saturated carbocycles. The van der Waals surface area contributed by atoms with Crippen molar-refractivity contribution >= 4 is 28.1 Å². The number of carbonyl (C=O) groups is 1. The molecule has 3 rings (SSSR count). The van der Waals surface area contributed by atoms with Crippen LogP contribution in [0, 0.1) is 0 Å². The van der Waals surface area contributed by atoms with E-state index in [9.17, 15) is 9.59 Å². The summed E-state index contributed by atoms with van der Waals surface area (Å²) < 4.78 is 6.24. The quantitative estimate of drug-likeness (QED) is 0.453. The molecule has 1 heterocycles. The number of ether oxygens (including phenoxy) is 1. The number of aromatic amines is 1. The van der Waals surface area contributed by atoms with Crippen LogP contribution >= 0.6 is 15.9 Å². The molecule has 0 aliphatic carbocycles. The van der Waals surface area contributed by atoms with Gasteiger partial charge in [0.1, 0.15) is 11.4 Å². The number of rotatable bonds is 6. The number of benzene rings is 2. The molecule has 2 aromatic carbocycles. The monoisotopic (exact) mass is 440 g/mol. The van der Waals surface area contributed by atoms with Gasteiger partial charge in [0.2, 0.25) is 0 Å². The van der Waals surface area contributed by atoms with Crippen LogP contribution in [0.5, 0.6) is 5.75 Å². The van der Waals surface area contributed by atoms with Gasteiger partial charge in [-0.1, -0.05) is 30.3 Å². The minimum atomic E-state index is -0.606. The first-order valence-corrected chi connectivity index (χ1v) is 9.28. The predicted molar refractivity (Wildman–Crippen MR) is 111 cm³/mol. The number of H-pyrrole nitrogens is 1. The van der Waals surface area contributed by atoms with Crippen LogP contribution in [0.2, 0.25) is 0 Å². The van der Waals surface area contributed by atoms with E-state index >= 15 is 0 Å². The Balaban J connectivity index is 1.73. The zero-order chi connectivity index (χ0) is 19.9. The summed E-state index contributed by atoms with van der Waals surface area (Å²) >= 11 is 3.42. The number of nitrogens with zero attached hydrogens (tertiary/aromatic N) is 2. The molecule has 0 saturated heterocycles. The van der Waals surface area contributed by atoms with Gasteiger partial charge in [0.05, 0.1) is 23.0 Å². The van der Waals surface area contributed by atoms with E-state index in [2.05, 4.69) is 36.4 Å². The summed E-state index contributed by atoms with van der Waals surface area (Å²) in [4.78, 5) is 30.5. The average molecular weight is 441 g/mol. The Morgan fingerprint density at radius 2 is 2.04 bits per heavy atom. The first-order chi connectivity index (χ1) is 13.6.